The van der Waals surface area contributed by atoms with Crippen LogP contribution in [0.1, 0.15) is 52.4 Å². The highest BCUT2D eigenvalue weighted by atomic mass is 16.5. The van der Waals surface area contributed by atoms with Gasteiger partial charge >= 0.3 is 0 Å². The van der Waals surface area contributed by atoms with E-state index in [4.69, 9.17) is 9.73 Å². The minimum atomic E-state index is 0.627. The Labute approximate surface area is 148 Å². The van der Waals surface area contributed by atoms with Crippen molar-refractivity contribution in [3.8, 4) is 0 Å². The molecule has 2 fully saturated rings. The van der Waals surface area contributed by atoms with Crippen LogP contribution >= 0.6 is 0 Å². The number of likely N-dealkylation sites (tertiary alicyclic amines) is 1. The van der Waals surface area contributed by atoms with Gasteiger partial charge < -0.3 is 15.0 Å². The maximum atomic E-state index is 5.51. The van der Waals surface area contributed by atoms with Gasteiger partial charge in [-0.3, -0.25) is 9.89 Å². The molecule has 2 atom stereocenters. The van der Waals surface area contributed by atoms with Crippen LogP contribution in [-0.2, 0) is 4.74 Å². The molecule has 5 nitrogen and oxygen atoms in total. The number of unbranched alkanes of at least 4 members (excludes halogenated alkanes) is 1. The van der Waals surface area contributed by atoms with E-state index in [-0.39, 0.29) is 0 Å². The van der Waals surface area contributed by atoms with E-state index in [1.165, 1.54) is 51.6 Å². The summed E-state index contributed by atoms with van der Waals surface area (Å²) in [6.45, 7) is 11.6. The largest absolute Gasteiger partial charge is 0.381 e. The Bertz CT molecular complexity index is 368. The minimum absolute atomic E-state index is 0.627. The molecule has 2 aliphatic heterocycles. The Morgan fingerprint density at radius 3 is 2.88 bits per heavy atom. The molecular weight excluding hydrogens is 300 g/mol. The molecule has 0 aromatic rings. The van der Waals surface area contributed by atoms with E-state index in [0.717, 1.165) is 38.8 Å². The average Bonchev–Trinajstić information content (AvgIpc) is 3.10. The predicted octanol–water partition coefficient (Wildman–Crippen LogP) is 2.57. The first-order valence-electron chi connectivity index (χ1n) is 10.1. The van der Waals surface area contributed by atoms with Crippen molar-refractivity contribution < 1.29 is 4.74 Å². The minimum Gasteiger partial charge on any atom is -0.381 e. The second-order valence-corrected chi connectivity index (χ2v) is 7.34. The third-order valence-electron chi connectivity index (χ3n) is 5.25. The van der Waals surface area contributed by atoms with Gasteiger partial charge in [0.1, 0.15) is 0 Å². The van der Waals surface area contributed by atoms with E-state index in [1.807, 2.05) is 0 Å². The number of guanidine groups is 1. The summed E-state index contributed by atoms with van der Waals surface area (Å²) in [6, 6.07) is 0.627. The van der Waals surface area contributed by atoms with E-state index in [0.29, 0.717) is 12.0 Å². The van der Waals surface area contributed by atoms with Gasteiger partial charge in [-0.05, 0) is 45.7 Å². The number of nitrogens with zero attached hydrogens (tertiary/aromatic N) is 3. The molecule has 0 spiro atoms. The van der Waals surface area contributed by atoms with Crippen LogP contribution in [0.25, 0.3) is 0 Å². The lowest BCUT2D eigenvalue weighted by Gasteiger charge is -2.35. The topological polar surface area (TPSA) is 40.1 Å². The average molecular weight is 339 g/mol. The zero-order chi connectivity index (χ0) is 17.2. The molecule has 5 heteroatoms. The maximum Gasteiger partial charge on any atom is 0.193 e. The molecule has 0 bridgehead atoms. The first kappa shape index (κ1) is 19.5. The van der Waals surface area contributed by atoms with Crippen molar-refractivity contribution >= 4 is 5.96 Å². The Hall–Kier alpha value is -0.810. The predicted molar refractivity (Wildman–Crippen MR) is 102 cm³/mol. The number of hydrogen-bond acceptors (Lipinski definition) is 3. The number of nitrogens with one attached hydrogen (secondary N) is 1. The smallest absolute Gasteiger partial charge is 0.193 e. The molecule has 24 heavy (non-hydrogen) atoms. The van der Waals surface area contributed by atoms with Crippen LogP contribution < -0.4 is 5.32 Å². The van der Waals surface area contributed by atoms with Crippen molar-refractivity contribution in [3.63, 3.8) is 0 Å². The van der Waals surface area contributed by atoms with Crippen LogP contribution in [0.3, 0.4) is 0 Å². The highest BCUT2D eigenvalue weighted by Gasteiger charge is 2.23. The van der Waals surface area contributed by atoms with Crippen LogP contribution in [0.4, 0.5) is 0 Å². The molecule has 2 aliphatic rings. The lowest BCUT2D eigenvalue weighted by molar-refractivity contribution is 0.151. The van der Waals surface area contributed by atoms with Crippen LogP contribution in [-0.4, -0.2) is 74.8 Å². The first-order chi connectivity index (χ1) is 11.7. The molecule has 2 unspecified atom stereocenters. The Balaban J connectivity index is 1.89. The zero-order valence-corrected chi connectivity index (χ0v) is 16.1. The van der Waals surface area contributed by atoms with Gasteiger partial charge in [0.05, 0.1) is 13.2 Å². The third kappa shape index (κ3) is 6.25. The van der Waals surface area contributed by atoms with Gasteiger partial charge in [0, 0.05) is 38.7 Å². The van der Waals surface area contributed by atoms with Gasteiger partial charge in [0.25, 0.3) is 0 Å². The third-order valence-corrected chi connectivity index (χ3v) is 5.25. The summed E-state index contributed by atoms with van der Waals surface area (Å²) < 4.78 is 5.51. The van der Waals surface area contributed by atoms with Crippen molar-refractivity contribution in [1.29, 1.82) is 0 Å². The van der Waals surface area contributed by atoms with Crippen molar-refractivity contribution in [3.05, 3.63) is 0 Å². The fraction of sp³-hybridized carbons (Fsp3) is 0.947. The highest BCUT2D eigenvalue weighted by Crippen LogP contribution is 2.18. The van der Waals surface area contributed by atoms with Gasteiger partial charge in [-0.15, -0.1) is 0 Å². The van der Waals surface area contributed by atoms with Crippen molar-refractivity contribution in [2.75, 3.05) is 53.0 Å². The monoisotopic (exact) mass is 338 g/mol. The number of rotatable bonds is 8. The molecule has 0 amide bonds. The van der Waals surface area contributed by atoms with Crippen LogP contribution in [0.15, 0.2) is 4.99 Å². The SMILES string of the molecule is CCCCN1CCCCC1CN=C(NCC)N(C)CC1CCOC1. The highest BCUT2D eigenvalue weighted by molar-refractivity contribution is 5.79. The number of piperidine rings is 1. The molecule has 2 saturated heterocycles. The lowest BCUT2D eigenvalue weighted by atomic mass is 10.0. The van der Waals surface area contributed by atoms with Gasteiger partial charge in [-0.1, -0.05) is 19.8 Å². The molecule has 0 saturated carbocycles. The summed E-state index contributed by atoms with van der Waals surface area (Å²) in [4.78, 5) is 9.95. The standard InChI is InChI=1S/C19H38N4O/c1-4-6-11-23-12-8-7-9-18(23)14-21-19(20-5-2)22(3)15-17-10-13-24-16-17/h17-18H,4-16H2,1-3H3,(H,20,21). The Morgan fingerprint density at radius 1 is 1.29 bits per heavy atom. The zero-order valence-electron chi connectivity index (χ0n) is 16.1. The van der Waals surface area contributed by atoms with Gasteiger partial charge in [0.15, 0.2) is 5.96 Å². The van der Waals surface area contributed by atoms with Crippen LogP contribution in [0.5, 0.6) is 0 Å². The summed E-state index contributed by atoms with van der Waals surface area (Å²) >= 11 is 0. The quantitative estimate of drug-likeness (QED) is 0.545. The number of aliphatic imine (C=N–C) groups is 1. The molecular formula is C19H38N4O. The molecule has 2 rings (SSSR count). The normalized spacial score (nSPS) is 25.9. The molecule has 0 aromatic heterocycles. The molecule has 0 aliphatic carbocycles. The fourth-order valence-electron chi connectivity index (χ4n) is 3.78. The van der Waals surface area contributed by atoms with Crippen LogP contribution in [0, 0.1) is 5.92 Å². The Kier molecular flexibility index (Phi) is 8.89. The summed E-state index contributed by atoms with van der Waals surface area (Å²) in [7, 11) is 2.16. The Morgan fingerprint density at radius 2 is 2.17 bits per heavy atom. The van der Waals surface area contributed by atoms with Crippen molar-refractivity contribution in [2.24, 2.45) is 10.9 Å². The van der Waals surface area contributed by atoms with Crippen LogP contribution in [0.2, 0.25) is 0 Å². The molecule has 0 radical (unpaired) electrons. The molecule has 2 heterocycles. The molecule has 140 valence electrons. The van der Waals surface area contributed by atoms with Gasteiger partial charge in [-0.25, -0.2) is 0 Å². The van der Waals surface area contributed by atoms with E-state index in [1.54, 1.807) is 0 Å². The van der Waals surface area contributed by atoms with E-state index < -0.39 is 0 Å². The number of ether oxygens (including phenoxy) is 1. The number of hydrogen-bond donors (Lipinski definition) is 1. The summed E-state index contributed by atoms with van der Waals surface area (Å²) in [5.41, 5.74) is 0. The fourth-order valence-corrected chi connectivity index (χ4v) is 3.78. The molecule has 1 N–H and O–H groups in total. The maximum absolute atomic E-state index is 5.51. The van der Waals surface area contributed by atoms with E-state index in [9.17, 15) is 0 Å². The van der Waals surface area contributed by atoms with Crippen molar-refractivity contribution in [2.45, 2.75) is 58.4 Å². The van der Waals surface area contributed by atoms with Gasteiger partial charge in [0.2, 0.25) is 0 Å². The first-order valence-corrected chi connectivity index (χ1v) is 10.1. The van der Waals surface area contributed by atoms with E-state index >= 15 is 0 Å². The van der Waals surface area contributed by atoms with Gasteiger partial charge in [-0.2, -0.15) is 0 Å². The lowest BCUT2D eigenvalue weighted by Crippen LogP contribution is -2.45. The second kappa shape index (κ2) is 10.9. The second-order valence-electron chi connectivity index (χ2n) is 7.34. The molecule has 0 aromatic carbocycles. The summed E-state index contributed by atoms with van der Waals surface area (Å²) in [6.07, 6.45) is 7.77. The summed E-state index contributed by atoms with van der Waals surface area (Å²) in [5.74, 6) is 1.71. The van der Waals surface area contributed by atoms with Crippen molar-refractivity contribution in [1.82, 2.24) is 15.1 Å². The van der Waals surface area contributed by atoms with E-state index in [2.05, 4.69) is 36.0 Å². The summed E-state index contributed by atoms with van der Waals surface area (Å²) in [5, 5.41) is 3.47.